The van der Waals surface area contributed by atoms with Crippen LogP contribution in [0.3, 0.4) is 0 Å². The van der Waals surface area contributed by atoms with Gasteiger partial charge < -0.3 is 0 Å². The van der Waals surface area contributed by atoms with Crippen LogP contribution in [0.5, 0.6) is 0 Å². The highest BCUT2D eigenvalue weighted by Crippen LogP contribution is 2.34. The summed E-state index contributed by atoms with van der Waals surface area (Å²) < 4.78 is 78.3. The minimum absolute atomic E-state index is 0.0367. The molecule has 0 aliphatic heterocycles. The predicted molar refractivity (Wildman–Crippen MR) is 94.8 cm³/mol. The molecular formula is C17H11BrF4N2O2S. The zero-order valence-corrected chi connectivity index (χ0v) is 16.0. The van der Waals surface area contributed by atoms with E-state index in [-0.39, 0.29) is 11.4 Å². The first kappa shape index (κ1) is 19.6. The van der Waals surface area contributed by atoms with Crippen LogP contribution in [0.25, 0.3) is 16.9 Å². The van der Waals surface area contributed by atoms with Crippen LogP contribution in [0.15, 0.2) is 57.9 Å². The van der Waals surface area contributed by atoms with Gasteiger partial charge in [0.1, 0.15) is 10.7 Å². The summed E-state index contributed by atoms with van der Waals surface area (Å²) in [7, 11) is -3.81. The number of alkyl halides is 3. The predicted octanol–water partition coefficient (Wildman–Crippen LogP) is 4.86. The van der Waals surface area contributed by atoms with E-state index in [4.69, 9.17) is 0 Å². The molecule has 0 saturated carbocycles. The van der Waals surface area contributed by atoms with Crippen LogP contribution in [0, 0.1) is 5.82 Å². The minimum atomic E-state index is -4.70. The van der Waals surface area contributed by atoms with Crippen molar-refractivity contribution in [2.45, 2.75) is 11.1 Å². The molecule has 0 bridgehead atoms. The number of sulfone groups is 1. The maximum atomic E-state index is 14.2. The largest absolute Gasteiger partial charge is 0.435 e. The van der Waals surface area contributed by atoms with Gasteiger partial charge in [0.2, 0.25) is 0 Å². The molecule has 0 atom stereocenters. The summed E-state index contributed by atoms with van der Waals surface area (Å²) in [5.74, 6) is -1.07. The lowest BCUT2D eigenvalue weighted by molar-refractivity contribution is -0.141. The van der Waals surface area contributed by atoms with Crippen LogP contribution >= 0.6 is 15.9 Å². The molecule has 1 heterocycles. The van der Waals surface area contributed by atoms with E-state index in [1.54, 1.807) is 24.3 Å². The van der Waals surface area contributed by atoms with Crippen LogP contribution < -0.4 is 0 Å². The van der Waals surface area contributed by atoms with Gasteiger partial charge in [0.15, 0.2) is 15.5 Å². The molecule has 0 fully saturated rings. The van der Waals surface area contributed by atoms with Crippen molar-refractivity contribution in [3.05, 3.63) is 64.5 Å². The van der Waals surface area contributed by atoms with Gasteiger partial charge in [0.25, 0.3) is 0 Å². The van der Waals surface area contributed by atoms with Crippen molar-refractivity contribution in [3.63, 3.8) is 0 Å². The summed E-state index contributed by atoms with van der Waals surface area (Å²) in [6.45, 7) is 0. The Morgan fingerprint density at radius 2 is 1.78 bits per heavy atom. The third-order valence-electron chi connectivity index (χ3n) is 3.68. The third kappa shape index (κ3) is 4.06. The molecule has 3 rings (SSSR count). The van der Waals surface area contributed by atoms with Crippen LogP contribution in [-0.2, 0) is 16.0 Å². The van der Waals surface area contributed by atoms with Crippen molar-refractivity contribution < 1.29 is 26.0 Å². The molecule has 0 aliphatic rings. The fourth-order valence-corrected chi connectivity index (χ4v) is 3.62. The SMILES string of the molecule is CS(=O)(=O)c1ccc(-n2nc(C(F)(F)F)cc2-c2cccc(Br)c2)cc1F. The van der Waals surface area contributed by atoms with E-state index in [1.807, 2.05) is 0 Å². The fraction of sp³-hybridized carbons (Fsp3) is 0.118. The zero-order chi connectivity index (χ0) is 20.0. The van der Waals surface area contributed by atoms with Crippen molar-refractivity contribution in [1.82, 2.24) is 9.78 Å². The van der Waals surface area contributed by atoms with Gasteiger partial charge in [-0.1, -0.05) is 28.1 Å². The molecule has 4 nitrogen and oxygen atoms in total. The average Bonchev–Trinajstić information content (AvgIpc) is 2.99. The molecule has 2 aromatic carbocycles. The number of rotatable bonds is 3. The van der Waals surface area contributed by atoms with E-state index in [2.05, 4.69) is 21.0 Å². The van der Waals surface area contributed by atoms with E-state index in [0.717, 1.165) is 29.1 Å². The quantitative estimate of drug-likeness (QED) is 0.522. The van der Waals surface area contributed by atoms with Gasteiger partial charge in [-0.25, -0.2) is 17.5 Å². The Bertz CT molecular complexity index is 1120. The first-order valence-electron chi connectivity index (χ1n) is 7.40. The highest BCUT2D eigenvalue weighted by Gasteiger charge is 2.35. The summed E-state index contributed by atoms with van der Waals surface area (Å²) in [5.41, 5.74) is -0.689. The lowest BCUT2D eigenvalue weighted by atomic mass is 10.1. The van der Waals surface area contributed by atoms with Gasteiger partial charge >= 0.3 is 6.18 Å². The number of hydrogen-bond acceptors (Lipinski definition) is 3. The second-order valence-electron chi connectivity index (χ2n) is 5.72. The first-order valence-corrected chi connectivity index (χ1v) is 10.1. The molecule has 0 spiro atoms. The van der Waals surface area contributed by atoms with Crippen LogP contribution in [0.4, 0.5) is 17.6 Å². The maximum absolute atomic E-state index is 14.2. The monoisotopic (exact) mass is 462 g/mol. The van der Waals surface area contributed by atoms with Crippen molar-refractivity contribution in [2.24, 2.45) is 0 Å². The second kappa shape index (κ2) is 6.75. The van der Waals surface area contributed by atoms with Gasteiger partial charge in [-0.3, -0.25) is 0 Å². The Morgan fingerprint density at radius 1 is 1.07 bits per heavy atom. The van der Waals surface area contributed by atoms with E-state index in [9.17, 15) is 26.0 Å². The lowest BCUT2D eigenvalue weighted by Crippen LogP contribution is -2.08. The van der Waals surface area contributed by atoms with Crippen LogP contribution in [0.2, 0.25) is 0 Å². The molecule has 0 unspecified atom stereocenters. The van der Waals surface area contributed by atoms with Gasteiger partial charge in [-0.15, -0.1) is 0 Å². The summed E-state index contributed by atoms with van der Waals surface area (Å²) in [5, 5.41) is 3.55. The average molecular weight is 463 g/mol. The Morgan fingerprint density at radius 3 is 2.33 bits per heavy atom. The molecule has 3 aromatic rings. The normalized spacial score (nSPS) is 12.4. The van der Waals surface area contributed by atoms with Crippen LogP contribution in [0.1, 0.15) is 5.69 Å². The first-order chi connectivity index (χ1) is 12.5. The minimum Gasteiger partial charge on any atom is -0.232 e. The molecule has 0 amide bonds. The number of aromatic nitrogens is 2. The molecule has 10 heteroatoms. The summed E-state index contributed by atoms with van der Waals surface area (Å²) in [4.78, 5) is -0.543. The summed E-state index contributed by atoms with van der Waals surface area (Å²) in [6, 6.07) is 10.4. The molecule has 27 heavy (non-hydrogen) atoms. The van der Waals surface area contributed by atoms with Crippen molar-refractivity contribution in [2.75, 3.05) is 6.26 Å². The molecule has 142 valence electrons. The van der Waals surface area contributed by atoms with Gasteiger partial charge in [0, 0.05) is 22.4 Å². The standard InChI is InChI=1S/C17H11BrF4N2O2S/c1-27(25,26)15-6-5-12(8-13(15)19)24-14(9-16(23-24)17(20,21)22)10-3-2-4-11(18)7-10/h2-9H,1H3. The van der Waals surface area contributed by atoms with E-state index >= 15 is 0 Å². The summed E-state index contributed by atoms with van der Waals surface area (Å²) in [6.07, 6.45) is -3.86. The molecule has 1 aromatic heterocycles. The Kier molecular flexibility index (Phi) is 4.89. The van der Waals surface area contributed by atoms with Gasteiger partial charge in [-0.2, -0.15) is 18.3 Å². The molecule has 0 N–H and O–H groups in total. The highest BCUT2D eigenvalue weighted by molar-refractivity contribution is 9.10. The maximum Gasteiger partial charge on any atom is 0.435 e. The van der Waals surface area contributed by atoms with Gasteiger partial charge in [-0.05, 0) is 30.3 Å². The molecular weight excluding hydrogens is 452 g/mol. The number of nitrogens with zero attached hydrogens (tertiary/aromatic N) is 2. The van der Waals surface area contributed by atoms with Crippen LogP contribution in [-0.4, -0.2) is 24.5 Å². The topological polar surface area (TPSA) is 52.0 Å². The molecule has 0 radical (unpaired) electrons. The van der Waals surface area contributed by atoms with E-state index in [0.29, 0.717) is 10.0 Å². The Balaban J connectivity index is 2.23. The number of halogens is 5. The van der Waals surface area contributed by atoms with Crippen molar-refractivity contribution >= 4 is 25.8 Å². The van der Waals surface area contributed by atoms with E-state index in [1.165, 1.54) is 6.07 Å². The lowest BCUT2D eigenvalue weighted by Gasteiger charge is -2.10. The third-order valence-corrected chi connectivity index (χ3v) is 5.30. The highest BCUT2D eigenvalue weighted by atomic mass is 79.9. The fourth-order valence-electron chi connectivity index (χ4n) is 2.49. The summed E-state index contributed by atoms with van der Waals surface area (Å²) >= 11 is 3.25. The number of hydrogen-bond donors (Lipinski definition) is 0. The second-order valence-corrected chi connectivity index (χ2v) is 8.62. The smallest absolute Gasteiger partial charge is 0.232 e. The van der Waals surface area contributed by atoms with Crippen molar-refractivity contribution in [1.29, 1.82) is 0 Å². The van der Waals surface area contributed by atoms with E-state index < -0.39 is 32.4 Å². The van der Waals surface area contributed by atoms with Gasteiger partial charge in [0.05, 0.1) is 11.4 Å². The Hall–Kier alpha value is -2.20. The Labute approximate surface area is 160 Å². The van der Waals surface area contributed by atoms with Crippen molar-refractivity contribution in [3.8, 4) is 16.9 Å². The number of benzene rings is 2. The molecule has 0 aliphatic carbocycles. The zero-order valence-electron chi connectivity index (χ0n) is 13.6. The molecule has 0 saturated heterocycles.